The number of hydrogen-bond donors (Lipinski definition) is 1. The Morgan fingerprint density at radius 3 is 1.83 bits per heavy atom. The topological polar surface area (TPSA) is 50.9 Å². The number of nitrogens with zero attached hydrogens (tertiary/aromatic N) is 3. The van der Waals surface area contributed by atoms with Gasteiger partial charge in [0, 0.05) is 24.2 Å². The molecule has 348 valence electrons. The second kappa shape index (κ2) is 18.8. The molecule has 1 N–H and O–H groups in total. The zero-order valence-electron chi connectivity index (χ0n) is 47.0. The molecular formula is C65H67N3O. The summed E-state index contributed by atoms with van der Waals surface area (Å²) in [4.78, 5) is 10.5. The minimum Gasteiger partial charge on any atom is -0.507 e. The molecule has 9 aromatic rings. The van der Waals surface area contributed by atoms with Crippen LogP contribution >= 0.6 is 0 Å². The molecule has 4 nitrogen and oxygen atoms in total. The van der Waals surface area contributed by atoms with E-state index in [1.807, 2.05) is 111 Å². The van der Waals surface area contributed by atoms with Crippen molar-refractivity contribution in [3.63, 3.8) is 0 Å². The Labute approximate surface area is 417 Å². The Kier molecular flexibility index (Phi) is 11.2. The van der Waals surface area contributed by atoms with E-state index in [4.69, 9.17) is 16.8 Å². The van der Waals surface area contributed by atoms with E-state index < -0.39 is 18.6 Å². The maximum absolute atomic E-state index is 12.4. The summed E-state index contributed by atoms with van der Waals surface area (Å²) in [6.45, 7) is 19.7. The lowest BCUT2D eigenvalue weighted by atomic mass is 9.86. The van der Waals surface area contributed by atoms with E-state index in [1.165, 1.54) is 5.56 Å². The minimum atomic E-state index is -2.60. The third-order valence-electron chi connectivity index (χ3n) is 13.5. The van der Waals surface area contributed by atoms with Crippen LogP contribution in [0.25, 0.3) is 83.9 Å². The molecule has 0 spiro atoms. The number of fused-ring (bicyclic) bond motifs is 1. The fourth-order valence-electron chi connectivity index (χ4n) is 9.32. The van der Waals surface area contributed by atoms with Gasteiger partial charge in [0.25, 0.3) is 0 Å². The molecule has 0 saturated heterocycles. The first-order valence-electron chi connectivity index (χ1n) is 26.7. The van der Waals surface area contributed by atoms with Crippen LogP contribution in [0.3, 0.4) is 0 Å². The van der Waals surface area contributed by atoms with Gasteiger partial charge in [-0.2, -0.15) is 0 Å². The molecule has 0 atom stereocenters. The molecule has 2 aromatic heterocycles. The highest BCUT2D eigenvalue weighted by molar-refractivity contribution is 5.98. The summed E-state index contributed by atoms with van der Waals surface area (Å²) in [5.74, 6) is -1.32. The van der Waals surface area contributed by atoms with Crippen LogP contribution in [-0.2, 0) is 5.41 Å². The first-order valence-corrected chi connectivity index (χ1v) is 24.2. The second-order valence-electron chi connectivity index (χ2n) is 20.7. The van der Waals surface area contributed by atoms with Gasteiger partial charge in [-0.1, -0.05) is 173 Å². The molecule has 0 saturated carbocycles. The van der Waals surface area contributed by atoms with E-state index in [9.17, 15) is 5.11 Å². The average molecular weight is 911 g/mol. The number of phenols is 1. The van der Waals surface area contributed by atoms with Crippen molar-refractivity contribution in [2.75, 3.05) is 0 Å². The third-order valence-corrected chi connectivity index (χ3v) is 13.5. The van der Waals surface area contributed by atoms with Crippen LogP contribution < -0.4 is 0 Å². The highest BCUT2D eigenvalue weighted by atomic mass is 16.3. The molecule has 2 heterocycles. The SMILES string of the molecule is [2H]C([2H])([2H])c1cc(-c2cc(C([2H])(C)C)cc(C([2H])(C)C)c2)ccc1-n1c(-c2cc(C(C)C)cc(C(C)C)c2O)nc2c(-c3cc(-c4ccccc4)cc(-c4cc(-c5ccc(C(C)(C)C)cc5)ccn4)c3)cccc21. The lowest BCUT2D eigenvalue weighted by molar-refractivity contribution is 0.466. The monoisotopic (exact) mass is 911 g/mol. The average Bonchev–Trinajstić information content (AvgIpc) is 3.74. The van der Waals surface area contributed by atoms with Crippen molar-refractivity contribution < 1.29 is 12.0 Å². The molecular weight excluding hydrogens is 839 g/mol. The molecule has 7 aromatic carbocycles. The number of aromatic hydroxyl groups is 1. The second-order valence-corrected chi connectivity index (χ2v) is 20.7. The van der Waals surface area contributed by atoms with E-state index in [1.54, 1.807) is 6.07 Å². The Balaban J connectivity index is 1.31. The maximum Gasteiger partial charge on any atom is 0.149 e. The molecule has 69 heavy (non-hydrogen) atoms. The molecule has 0 unspecified atom stereocenters. The minimum absolute atomic E-state index is 0.0183. The lowest BCUT2D eigenvalue weighted by Crippen LogP contribution is -2.10. The van der Waals surface area contributed by atoms with E-state index in [-0.39, 0.29) is 28.6 Å². The summed E-state index contributed by atoms with van der Waals surface area (Å²) in [6, 6.07) is 51.1. The molecule has 0 aliphatic heterocycles. The van der Waals surface area contributed by atoms with Crippen LogP contribution in [-0.4, -0.2) is 19.6 Å². The highest BCUT2D eigenvalue weighted by Crippen LogP contribution is 2.44. The molecule has 9 rings (SSSR count). The predicted molar refractivity (Wildman–Crippen MR) is 293 cm³/mol. The largest absolute Gasteiger partial charge is 0.507 e. The number of para-hydroxylation sites is 1. The zero-order valence-corrected chi connectivity index (χ0v) is 42.0. The van der Waals surface area contributed by atoms with Gasteiger partial charge in [-0.25, -0.2) is 4.98 Å². The van der Waals surface area contributed by atoms with E-state index in [0.717, 1.165) is 72.5 Å². The number of hydrogen-bond acceptors (Lipinski definition) is 3. The Morgan fingerprint density at radius 1 is 0.536 bits per heavy atom. The fraction of sp³-hybridized carbons (Fsp3) is 0.262. The van der Waals surface area contributed by atoms with Crippen molar-refractivity contribution in [1.29, 1.82) is 0 Å². The van der Waals surface area contributed by atoms with Crippen LogP contribution in [0.4, 0.5) is 0 Å². The van der Waals surface area contributed by atoms with Gasteiger partial charge < -0.3 is 5.11 Å². The van der Waals surface area contributed by atoms with Gasteiger partial charge in [0.2, 0.25) is 0 Å². The number of benzene rings is 7. The molecule has 0 bridgehead atoms. The van der Waals surface area contributed by atoms with Crippen LogP contribution in [0, 0.1) is 6.85 Å². The van der Waals surface area contributed by atoms with Crippen molar-refractivity contribution in [3.8, 4) is 78.6 Å². The third kappa shape index (κ3) is 9.42. The van der Waals surface area contributed by atoms with Gasteiger partial charge >= 0.3 is 0 Å². The molecule has 0 radical (unpaired) electrons. The Bertz CT molecular complexity index is 3520. The van der Waals surface area contributed by atoms with Gasteiger partial charge in [-0.3, -0.25) is 9.55 Å². The van der Waals surface area contributed by atoms with Crippen molar-refractivity contribution in [1.82, 2.24) is 14.5 Å². The smallest absolute Gasteiger partial charge is 0.149 e. The summed E-state index contributed by atoms with van der Waals surface area (Å²) >= 11 is 0. The predicted octanol–water partition coefficient (Wildman–Crippen LogP) is 18.2. The summed E-state index contributed by atoms with van der Waals surface area (Å²) in [7, 11) is 0. The molecule has 0 aliphatic carbocycles. The van der Waals surface area contributed by atoms with Crippen LogP contribution in [0.15, 0.2) is 158 Å². The number of aryl methyl sites for hydroxylation is 1. The van der Waals surface area contributed by atoms with E-state index >= 15 is 0 Å². The Hall–Kier alpha value is -7.04. The zero-order chi connectivity index (χ0) is 53.2. The normalized spacial score (nSPS) is 13.6. The lowest BCUT2D eigenvalue weighted by Gasteiger charge is -2.19. The van der Waals surface area contributed by atoms with Crippen molar-refractivity contribution in [3.05, 3.63) is 191 Å². The number of phenolic OH excluding ortho intramolecular Hbond substituents is 1. The van der Waals surface area contributed by atoms with Crippen LogP contribution in [0.5, 0.6) is 5.75 Å². The highest BCUT2D eigenvalue weighted by Gasteiger charge is 2.25. The van der Waals surface area contributed by atoms with Gasteiger partial charge in [0.15, 0.2) is 0 Å². The van der Waals surface area contributed by atoms with Crippen molar-refractivity contribution >= 4 is 11.0 Å². The maximum atomic E-state index is 12.4. The molecule has 0 fully saturated rings. The molecule has 0 amide bonds. The summed E-state index contributed by atoms with van der Waals surface area (Å²) in [6.07, 6.45) is 1.87. The van der Waals surface area contributed by atoms with Gasteiger partial charge in [-0.15, -0.1) is 0 Å². The van der Waals surface area contributed by atoms with Crippen molar-refractivity contribution in [2.24, 2.45) is 0 Å². The fourth-order valence-corrected chi connectivity index (χ4v) is 9.32. The van der Waals surface area contributed by atoms with E-state index in [2.05, 4.69) is 121 Å². The first kappa shape index (κ1) is 41.0. The van der Waals surface area contributed by atoms with Crippen molar-refractivity contribution in [2.45, 2.75) is 112 Å². The van der Waals surface area contributed by atoms with E-state index in [0.29, 0.717) is 33.7 Å². The standard InChI is InChI=1S/C65H67N3O/c1-39(2)48-30-49(40(3)4)32-52(31-48)46-23-26-60(43(9)29-46)68-61-20-16-19-56(62(61)67-64(68)58-37-50(41(5)6)36-57(42(7)8)63(58)69)53-33-51(44-17-14-13-15-18-44)34-54(35-53)59-38-47(27-28-66-59)45-21-24-55(25-22-45)65(10,11)12/h13-42,69H,1-12H3/i9D3,39D,40D. The van der Waals surface area contributed by atoms with Gasteiger partial charge in [0.05, 0.1) is 28.0 Å². The van der Waals surface area contributed by atoms with Crippen LogP contribution in [0.1, 0.15) is 140 Å². The number of imidazole rings is 1. The Morgan fingerprint density at radius 2 is 1.17 bits per heavy atom. The quantitative estimate of drug-likeness (QED) is 0.141. The molecule has 0 aliphatic rings. The van der Waals surface area contributed by atoms with Crippen LogP contribution in [0.2, 0.25) is 0 Å². The van der Waals surface area contributed by atoms with Gasteiger partial charge in [0.1, 0.15) is 11.6 Å². The number of pyridine rings is 1. The number of rotatable bonds is 11. The summed E-state index contributed by atoms with van der Waals surface area (Å²) < 4.78 is 47.2. The number of aromatic nitrogens is 3. The summed E-state index contributed by atoms with van der Waals surface area (Å²) in [5.41, 5.74) is 15.9. The summed E-state index contributed by atoms with van der Waals surface area (Å²) in [5, 5.41) is 12.4. The first-order chi connectivity index (χ1) is 34.8. The van der Waals surface area contributed by atoms with Gasteiger partial charge in [-0.05, 0) is 163 Å². The molecule has 4 heteroatoms.